The molecule has 2 saturated heterocycles. The highest BCUT2D eigenvalue weighted by molar-refractivity contribution is 5.84. The van der Waals surface area contributed by atoms with Crippen LogP contribution in [-0.2, 0) is 23.8 Å². The van der Waals surface area contributed by atoms with Gasteiger partial charge in [-0.1, -0.05) is 25.0 Å². The second-order valence-corrected chi connectivity index (χ2v) is 10.6. The van der Waals surface area contributed by atoms with Gasteiger partial charge in [-0.05, 0) is 46.5 Å². The third kappa shape index (κ3) is 7.70. The number of likely N-dealkylation sites (tertiary alicyclic amines) is 1. The summed E-state index contributed by atoms with van der Waals surface area (Å²) >= 11 is 0. The van der Waals surface area contributed by atoms with E-state index < -0.39 is 11.0 Å². The van der Waals surface area contributed by atoms with Crippen LogP contribution in [0.5, 0.6) is 0 Å². The van der Waals surface area contributed by atoms with Crippen LogP contribution in [0.3, 0.4) is 0 Å². The van der Waals surface area contributed by atoms with Crippen molar-refractivity contribution in [2.75, 3.05) is 52.6 Å². The lowest BCUT2D eigenvalue weighted by Gasteiger charge is -2.41. The third-order valence-electron chi connectivity index (χ3n) is 6.66. The topological polar surface area (TPSA) is 97.4 Å². The van der Waals surface area contributed by atoms with Gasteiger partial charge >= 0.3 is 6.09 Å². The summed E-state index contributed by atoms with van der Waals surface area (Å²) < 4.78 is 16.9. The summed E-state index contributed by atoms with van der Waals surface area (Å²) in [5.41, 5.74) is -1.28. The summed E-state index contributed by atoms with van der Waals surface area (Å²) in [5.74, 6) is -0.0922. The quantitative estimate of drug-likeness (QED) is 0.536. The van der Waals surface area contributed by atoms with Gasteiger partial charge in [0.25, 0.3) is 0 Å². The maximum absolute atomic E-state index is 13.6. The lowest BCUT2D eigenvalue weighted by molar-refractivity contribution is -0.141. The maximum atomic E-state index is 13.6. The molecule has 2 bridgehead atoms. The molecule has 1 spiro atoms. The van der Waals surface area contributed by atoms with Crippen molar-refractivity contribution < 1.29 is 28.6 Å². The highest BCUT2D eigenvalue weighted by Gasteiger charge is 2.44. The van der Waals surface area contributed by atoms with E-state index in [9.17, 15) is 14.4 Å². The Labute approximate surface area is 203 Å². The summed E-state index contributed by atoms with van der Waals surface area (Å²) in [7, 11) is 0. The second kappa shape index (κ2) is 12.0. The number of nitrogens with one attached hydrogen (secondary N) is 1. The van der Waals surface area contributed by atoms with E-state index in [2.05, 4.69) is 5.32 Å². The van der Waals surface area contributed by atoms with Gasteiger partial charge in [0.05, 0.1) is 25.2 Å². The zero-order valence-corrected chi connectivity index (χ0v) is 21.0. The van der Waals surface area contributed by atoms with Gasteiger partial charge in [-0.2, -0.15) is 0 Å². The normalized spacial score (nSPS) is 26.5. The van der Waals surface area contributed by atoms with Crippen LogP contribution in [0.15, 0.2) is 12.2 Å². The van der Waals surface area contributed by atoms with Crippen molar-refractivity contribution in [3.05, 3.63) is 12.2 Å². The summed E-state index contributed by atoms with van der Waals surface area (Å²) in [6.45, 7) is 8.61. The predicted molar refractivity (Wildman–Crippen MR) is 127 cm³/mol. The first-order valence-corrected chi connectivity index (χ1v) is 12.6. The Kier molecular flexibility index (Phi) is 9.36. The lowest BCUT2D eigenvalue weighted by atomic mass is 9.78. The van der Waals surface area contributed by atoms with Gasteiger partial charge in [0.1, 0.15) is 12.2 Å². The van der Waals surface area contributed by atoms with Gasteiger partial charge in [0, 0.05) is 32.2 Å². The fourth-order valence-corrected chi connectivity index (χ4v) is 4.65. The van der Waals surface area contributed by atoms with Gasteiger partial charge < -0.3 is 29.3 Å². The maximum Gasteiger partial charge on any atom is 0.410 e. The Bertz CT molecular complexity index is 739. The standard InChI is InChI=1S/C25H41N3O6/c1-24(2,3)34-23(31)27-13-10-25(11-14-27)19-33-16-8-7-15-32-18-21(29)28-12-6-4-5-9-20(17-28)26-22(25)30/h7-8,20H,4-6,9-19H2,1-3H3,(H,26,30)/b8-7+. The molecule has 9 nitrogen and oxygen atoms in total. The van der Waals surface area contributed by atoms with Gasteiger partial charge in [0.2, 0.25) is 11.8 Å². The Morgan fingerprint density at radius 3 is 2.47 bits per heavy atom. The van der Waals surface area contributed by atoms with Crippen molar-refractivity contribution in [2.45, 2.75) is 70.9 Å². The van der Waals surface area contributed by atoms with Crippen molar-refractivity contribution in [3.63, 3.8) is 0 Å². The number of fused-ring (bicyclic) bond motifs is 2. The van der Waals surface area contributed by atoms with E-state index in [-0.39, 0.29) is 37.2 Å². The van der Waals surface area contributed by atoms with Crippen LogP contribution in [0, 0.1) is 5.41 Å². The number of ether oxygens (including phenoxy) is 3. The first kappa shape index (κ1) is 26.5. The Hall–Kier alpha value is -2.13. The molecule has 2 fully saturated rings. The number of rotatable bonds is 0. The molecule has 0 aliphatic carbocycles. The summed E-state index contributed by atoms with van der Waals surface area (Å²) in [6.07, 6.45) is 8.17. The molecule has 1 unspecified atom stereocenters. The zero-order valence-electron chi connectivity index (χ0n) is 21.0. The Balaban J connectivity index is 1.73. The number of hydrogen-bond donors (Lipinski definition) is 1. The number of nitrogens with zero attached hydrogens (tertiary/aromatic N) is 2. The molecule has 3 amide bonds. The molecule has 3 heterocycles. The molecule has 9 heteroatoms. The van der Waals surface area contributed by atoms with Crippen molar-refractivity contribution in [1.29, 1.82) is 0 Å². The molecule has 1 N–H and O–H groups in total. The molecule has 0 radical (unpaired) electrons. The molecule has 3 rings (SSSR count). The number of carbonyl (C=O) groups is 3. The van der Waals surface area contributed by atoms with Crippen LogP contribution in [0.2, 0.25) is 0 Å². The van der Waals surface area contributed by atoms with E-state index in [0.29, 0.717) is 52.2 Å². The van der Waals surface area contributed by atoms with E-state index in [4.69, 9.17) is 14.2 Å². The highest BCUT2D eigenvalue weighted by Crippen LogP contribution is 2.33. The first-order chi connectivity index (χ1) is 16.2. The minimum atomic E-state index is -0.722. The number of amides is 3. The minimum absolute atomic E-state index is 0.0380. The summed E-state index contributed by atoms with van der Waals surface area (Å²) in [5, 5.41) is 3.24. The third-order valence-corrected chi connectivity index (χ3v) is 6.66. The van der Waals surface area contributed by atoms with Crippen molar-refractivity contribution in [2.24, 2.45) is 5.41 Å². The van der Waals surface area contributed by atoms with Gasteiger partial charge in [-0.3, -0.25) is 9.59 Å². The molecular weight excluding hydrogens is 438 g/mol. The number of hydrogen-bond acceptors (Lipinski definition) is 6. The highest BCUT2D eigenvalue weighted by atomic mass is 16.6. The number of carbonyl (C=O) groups excluding carboxylic acids is 3. The second-order valence-electron chi connectivity index (χ2n) is 10.6. The van der Waals surface area contributed by atoms with Crippen molar-refractivity contribution in [3.8, 4) is 0 Å². The molecule has 192 valence electrons. The van der Waals surface area contributed by atoms with Gasteiger partial charge in [-0.25, -0.2) is 4.79 Å². The molecule has 3 aliphatic rings. The van der Waals surface area contributed by atoms with Crippen LogP contribution in [0.1, 0.15) is 59.3 Å². The summed E-state index contributed by atoms with van der Waals surface area (Å²) in [4.78, 5) is 42.4. The van der Waals surface area contributed by atoms with Crippen LogP contribution in [0.4, 0.5) is 4.79 Å². The van der Waals surface area contributed by atoms with E-state index in [0.717, 1.165) is 25.7 Å². The molecule has 1 atom stereocenters. The first-order valence-electron chi connectivity index (χ1n) is 12.6. The molecule has 0 aromatic heterocycles. The smallest absolute Gasteiger partial charge is 0.410 e. The molecule has 0 aromatic rings. The minimum Gasteiger partial charge on any atom is -0.444 e. The number of piperidine rings is 1. The molecule has 34 heavy (non-hydrogen) atoms. The van der Waals surface area contributed by atoms with E-state index in [1.165, 1.54) is 0 Å². The van der Waals surface area contributed by atoms with Gasteiger partial charge in [-0.15, -0.1) is 0 Å². The fourth-order valence-electron chi connectivity index (χ4n) is 4.65. The van der Waals surface area contributed by atoms with Crippen LogP contribution < -0.4 is 5.32 Å². The van der Waals surface area contributed by atoms with Crippen molar-refractivity contribution in [1.82, 2.24) is 15.1 Å². The largest absolute Gasteiger partial charge is 0.444 e. The average Bonchev–Trinajstić information content (AvgIpc) is 2.76. The lowest BCUT2D eigenvalue weighted by Crippen LogP contribution is -2.56. The zero-order chi connectivity index (χ0) is 24.6. The van der Waals surface area contributed by atoms with Crippen LogP contribution >= 0.6 is 0 Å². The SMILES string of the molecule is CC(C)(C)OC(=O)N1CCC2(CC1)COC/C=C/COCC(=O)N1CCCCCC(C1)NC2=O. The van der Waals surface area contributed by atoms with Crippen molar-refractivity contribution >= 4 is 17.9 Å². The fraction of sp³-hybridized carbons (Fsp3) is 0.800. The van der Waals surface area contributed by atoms with Crippen LogP contribution in [0.25, 0.3) is 0 Å². The molecule has 0 aromatic carbocycles. The predicted octanol–water partition coefficient (Wildman–Crippen LogP) is 2.49. The van der Waals surface area contributed by atoms with Gasteiger partial charge in [0.15, 0.2) is 0 Å². The van der Waals surface area contributed by atoms with Crippen LogP contribution in [-0.4, -0.2) is 92.0 Å². The Morgan fingerprint density at radius 2 is 1.76 bits per heavy atom. The van der Waals surface area contributed by atoms with E-state index in [1.54, 1.807) is 4.90 Å². The molecule has 3 aliphatic heterocycles. The average molecular weight is 480 g/mol. The van der Waals surface area contributed by atoms with E-state index in [1.807, 2.05) is 37.8 Å². The molecule has 0 saturated carbocycles. The Morgan fingerprint density at radius 1 is 1.06 bits per heavy atom. The molecular formula is C25H41N3O6. The monoisotopic (exact) mass is 479 g/mol. The summed E-state index contributed by atoms with van der Waals surface area (Å²) in [6, 6.07) is -0.110. The van der Waals surface area contributed by atoms with E-state index >= 15 is 0 Å².